The lowest BCUT2D eigenvalue weighted by molar-refractivity contribution is 0.472. The molecule has 2 heterocycles. The number of rotatable bonds is 5. The number of benzene rings is 1. The molecule has 0 radical (unpaired) electrons. The highest BCUT2D eigenvalue weighted by Crippen LogP contribution is 2.30. The van der Waals surface area contributed by atoms with Crippen molar-refractivity contribution in [3.8, 4) is 0 Å². The van der Waals surface area contributed by atoms with Gasteiger partial charge in [0.2, 0.25) is 0 Å². The summed E-state index contributed by atoms with van der Waals surface area (Å²) in [6, 6.07) is 13.2. The molecule has 0 saturated carbocycles. The van der Waals surface area contributed by atoms with Crippen molar-refractivity contribution < 1.29 is 0 Å². The fraction of sp³-hybridized carbons (Fsp3) is 0.353. The summed E-state index contributed by atoms with van der Waals surface area (Å²) in [5, 5.41) is 5.92. The van der Waals surface area contributed by atoms with Gasteiger partial charge in [0.1, 0.15) is 0 Å². The van der Waals surface area contributed by atoms with Gasteiger partial charge in [0.05, 0.1) is 5.69 Å². The van der Waals surface area contributed by atoms with Gasteiger partial charge in [-0.25, -0.2) is 0 Å². The van der Waals surface area contributed by atoms with E-state index in [4.69, 9.17) is 5.73 Å². The number of aromatic nitrogens is 2. The first-order valence-electron chi connectivity index (χ1n) is 7.45. The zero-order valence-electron chi connectivity index (χ0n) is 12.5. The van der Waals surface area contributed by atoms with Crippen LogP contribution < -0.4 is 5.73 Å². The van der Waals surface area contributed by atoms with E-state index in [1.54, 1.807) is 11.3 Å². The third kappa shape index (κ3) is 3.01. The van der Waals surface area contributed by atoms with Gasteiger partial charge in [-0.2, -0.15) is 5.10 Å². The lowest BCUT2D eigenvalue weighted by atomic mass is 10.1. The lowest BCUT2D eigenvalue weighted by Gasteiger charge is -2.09. The molecular formula is C17H21N3S. The number of nitrogens with two attached hydrogens (primary N) is 1. The van der Waals surface area contributed by atoms with Gasteiger partial charge in [-0.15, -0.1) is 11.3 Å². The minimum Gasteiger partial charge on any atom is -0.323 e. The maximum Gasteiger partial charge on any atom is 0.0643 e. The Morgan fingerprint density at radius 1 is 1.29 bits per heavy atom. The largest absolute Gasteiger partial charge is 0.323 e. The molecule has 0 aliphatic carbocycles. The third-order valence-corrected chi connectivity index (χ3v) is 5.19. The Morgan fingerprint density at radius 2 is 2.10 bits per heavy atom. The summed E-state index contributed by atoms with van der Waals surface area (Å²) in [4.78, 5) is 1.23. The van der Waals surface area contributed by atoms with Crippen LogP contribution in [0.3, 0.4) is 0 Å². The summed E-state index contributed by atoms with van der Waals surface area (Å²) in [6.45, 7) is 4.36. The molecule has 3 aromatic rings. The Kier molecular flexibility index (Phi) is 4.08. The van der Waals surface area contributed by atoms with E-state index in [2.05, 4.69) is 61.5 Å². The van der Waals surface area contributed by atoms with Crippen LogP contribution in [0.2, 0.25) is 0 Å². The Balaban J connectivity index is 1.76. The molecule has 110 valence electrons. The van der Waals surface area contributed by atoms with Crippen LogP contribution in [0.5, 0.6) is 0 Å². The van der Waals surface area contributed by atoms with Crippen LogP contribution in [-0.2, 0) is 6.42 Å². The summed E-state index contributed by atoms with van der Waals surface area (Å²) in [7, 11) is 0. The van der Waals surface area contributed by atoms with Crippen LogP contribution in [-0.4, -0.2) is 9.78 Å². The van der Waals surface area contributed by atoms with Crippen LogP contribution >= 0.6 is 11.3 Å². The second kappa shape index (κ2) is 6.00. The molecule has 2 aromatic heterocycles. The fourth-order valence-electron chi connectivity index (χ4n) is 2.43. The zero-order chi connectivity index (χ0) is 14.8. The van der Waals surface area contributed by atoms with Gasteiger partial charge in [-0.1, -0.05) is 25.1 Å². The van der Waals surface area contributed by atoms with Crippen molar-refractivity contribution in [1.29, 1.82) is 0 Å². The SMILES string of the molecule is CCC(C)n1ccc(CC(N)c2cc3ccccc3s2)n1. The molecule has 2 N–H and O–H groups in total. The van der Waals surface area contributed by atoms with Gasteiger partial charge in [-0.05, 0) is 36.9 Å². The molecular weight excluding hydrogens is 278 g/mol. The molecule has 1 aromatic carbocycles. The van der Waals surface area contributed by atoms with Crippen molar-refractivity contribution in [3.63, 3.8) is 0 Å². The van der Waals surface area contributed by atoms with E-state index in [1.807, 2.05) is 4.68 Å². The predicted octanol–water partition coefficient (Wildman–Crippen LogP) is 4.31. The van der Waals surface area contributed by atoms with Crippen LogP contribution in [0.15, 0.2) is 42.6 Å². The molecule has 0 spiro atoms. The van der Waals surface area contributed by atoms with E-state index >= 15 is 0 Å². The van der Waals surface area contributed by atoms with Crippen LogP contribution in [0, 0.1) is 0 Å². The highest BCUT2D eigenvalue weighted by atomic mass is 32.1. The van der Waals surface area contributed by atoms with E-state index in [0.717, 1.165) is 18.5 Å². The quantitative estimate of drug-likeness (QED) is 0.763. The van der Waals surface area contributed by atoms with E-state index in [9.17, 15) is 0 Å². The van der Waals surface area contributed by atoms with Crippen LogP contribution in [0.1, 0.15) is 42.9 Å². The van der Waals surface area contributed by atoms with E-state index in [-0.39, 0.29) is 6.04 Å². The summed E-state index contributed by atoms with van der Waals surface area (Å²) in [5.74, 6) is 0. The first-order chi connectivity index (χ1) is 10.2. The molecule has 3 rings (SSSR count). The van der Waals surface area contributed by atoms with Crippen molar-refractivity contribution in [2.45, 2.75) is 38.8 Å². The topological polar surface area (TPSA) is 43.8 Å². The molecule has 2 unspecified atom stereocenters. The van der Waals surface area contributed by atoms with Crippen LogP contribution in [0.4, 0.5) is 0 Å². The standard InChI is InChI=1S/C17H21N3S/c1-3-12(2)20-9-8-14(19-20)11-15(18)17-10-13-6-4-5-7-16(13)21-17/h4-10,12,15H,3,11,18H2,1-2H3. The molecule has 2 atom stereocenters. The number of hydrogen-bond donors (Lipinski definition) is 1. The molecule has 0 fully saturated rings. The molecule has 0 aliphatic rings. The second-order valence-electron chi connectivity index (χ2n) is 5.54. The van der Waals surface area contributed by atoms with Crippen molar-refractivity contribution in [2.24, 2.45) is 5.73 Å². The van der Waals surface area contributed by atoms with Crippen molar-refractivity contribution in [1.82, 2.24) is 9.78 Å². The van der Waals surface area contributed by atoms with Gasteiger partial charge in [0, 0.05) is 34.3 Å². The maximum atomic E-state index is 6.37. The molecule has 4 heteroatoms. The number of hydrogen-bond acceptors (Lipinski definition) is 3. The third-order valence-electron chi connectivity index (χ3n) is 3.95. The van der Waals surface area contributed by atoms with Gasteiger partial charge in [0.25, 0.3) is 0 Å². The van der Waals surface area contributed by atoms with Gasteiger partial charge < -0.3 is 5.73 Å². The average molecular weight is 299 g/mol. The smallest absolute Gasteiger partial charge is 0.0643 e. The molecule has 3 nitrogen and oxygen atoms in total. The van der Waals surface area contributed by atoms with E-state index in [0.29, 0.717) is 6.04 Å². The normalized spacial score (nSPS) is 14.4. The molecule has 0 amide bonds. The Hall–Kier alpha value is -1.65. The van der Waals surface area contributed by atoms with Gasteiger partial charge in [-0.3, -0.25) is 4.68 Å². The molecule has 0 aliphatic heterocycles. The number of thiophene rings is 1. The monoisotopic (exact) mass is 299 g/mol. The van der Waals surface area contributed by atoms with Crippen molar-refractivity contribution in [2.75, 3.05) is 0 Å². The van der Waals surface area contributed by atoms with Gasteiger partial charge >= 0.3 is 0 Å². The highest BCUT2D eigenvalue weighted by molar-refractivity contribution is 7.19. The Labute approximate surface area is 129 Å². The first-order valence-corrected chi connectivity index (χ1v) is 8.27. The summed E-state index contributed by atoms with van der Waals surface area (Å²) >= 11 is 1.78. The number of nitrogens with zero attached hydrogens (tertiary/aromatic N) is 2. The first kappa shape index (κ1) is 14.3. The van der Waals surface area contributed by atoms with Crippen molar-refractivity contribution in [3.05, 3.63) is 53.2 Å². The Bertz CT molecular complexity index is 695. The van der Waals surface area contributed by atoms with Crippen molar-refractivity contribution >= 4 is 21.4 Å². The fourth-order valence-corrected chi connectivity index (χ4v) is 3.50. The zero-order valence-corrected chi connectivity index (χ0v) is 13.3. The van der Waals surface area contributed by atoms with E-state index in [1.165, 1.54) is 15.0 Å². The minimum absolute atomic E-state index is 0.0164. The Morgan fingerprint density at radius 3 is 2.86 bits per heavy atom. The average Bonchev–Trinajstić information content (AvgIpc) is 3.12. The summed E-state index contributed by atoms with van der Waals surface area (Å²) in [6.07, 6.45) is 3.93. The highest BCUT2D eigenvalue weighted by Gasteiger charge is 2.13. The minimum atomic E-state index is 0.0164. The summed E-state index contributed by atoms with van der Waals surface area (Å²) in [5.41, 5.74) is 7.44. The molecule has 0 saturated heterocycles. The molecule has 0 bridgehead atoms. The number of fused-ring (bicyclic) bond motifs is 1. The second-order valence-corrected chi connectivity index (χ2v) is 6.66. The summed E-state index contributed by atoms with van der Waals surface area (Å²) < 4.78 is 3.33. The van der Waals surface area contributed by atoms with Gasteiger partial charge in [0.15, 0.2) is 0 Å². The van der Waals surface area contributed by atoms with Crippen LogP contribution in [0.25, 0.3) is 10.1 Å². The predicted molar refractivity (Wildman–Crippen MR) is 89.7 cm³/mol. The lowest BCUT2D eigenvalue weighted by Crippen LogP contribution is -2.13. The molecule has 21 heavy (non-hydrogen) atoms. The van der Waals surface area contributed by atoms with E-state index < -0.39 is 0 Å². The maximum absolute atomic E-state index is 6.37.